The number of ether oxygens (including phenoxy) is 1. The molecule has 1 aromatic rings. The molecule has 1 heterocycles. The van der Waals surface area contributed by atoms with Gasteiger partial charge in [-0.15, -0.1) is 0 Å². The Morgan fingerprint density at radius 2 is 1.74 bits per heavy atom. The molecular weight excluding hydrogens is 294 g/mol. The van der Waals surface area contributed by atoms with Crippen molar-refractivity contribution in [2.75, 3.05) is 13.2 Å². The molecule has 5 nitrogen and oxygen atoms in total. The number of hydrogen-bond donors (Lipinski definition) is 2. The number of carbonyl (C=O) groups is 2. The molecule has 0 radical (unpaired) electrons. The van der Waals surface area contributed by atoms with Crippen molar-refractivity contribution in [3.63, 3.8) is 0 Å². The Bertz CT molecular complexity index is 561. The summed E-state index contributed by atoms with van der Waals surface area (Å²) in [4.78, 5) is 24.1. The monoisotopic (exact) mass is 319 g/mol. The molecule has 1 aliphatic heterocycles. The summed E-state index contributed by atoms with van der Waals surface area (Å²) in [6.07, 6.45) is 1.21. The highest BCUT2D eigenvalue weighted by Crippen LogP contribution is 2.35. The van der Waals surface area contributed by atoms with Crippen LogP contribution in [0.1, 0.15) is 37.8 Å². The number of carbonyl (C=O) groups excluding carboxylic acids is 1. The molecule has 0 aliphatic carbocycles. The van der Waals surface area contributed by atoms with Gasteiger partial charge in [0.1, 0.15) is 0 Å². The summed E-state index contributed by atoms with van der Waals surface area (Å²) in [5.41, 5.74) is 1.47. The van der Waals surface area contributed by atoms with E-state index >= 15 is 0 Å². The van der Waals surface area contributed by atoms with Gasteiger partial charge < -0.3 is 15.2 Å². The van der Waals surface area contributed by atoms with Crippen LogP contribution in [0, 0.1) is 12.8 Å². The molecule has 2 unspecified atom stereocenters. The number of amides is 1. The first-order valence-electron chi connectivity index (χ1n) is 8.05. The van der Waals surface area contributed by atoms with Crippen molar-refractivity contribution in [1.29, 1.82) is 0 Å². The number of aryl methyl sites for hydroxylation is 1. The van der Waals surface area contributed by atoms with Crippen LogP contribution in [-0.4, -0.2) is 36.2 Å². The average Bonchev–Trinajstić information content (AvgIpc) is 2.55. The summed E-state index contributed by atoms with van der Waals surface area (Å²) in [5.74, 6) is -1.65. The highest BCUT2D eigenvalue weighted by molar-refractivity contribution is 5.89. The zero-order valence-corrected chi connectivity index (χ0v) is 14.0. The molecular formula is C18H25NO4. The van der Waals surface area contributed by atoms with E-state index in [1.54, 1.807) is 13.8 Å². The number of aliphatic carboxylic acids is 1. The van der Waals surface area contributed by atoms with E-state index < -0.39 is 23.3 Å². The lowest BCUT2D eigenvalue weighted by atomic mass is 9.73. The minimum absolute atomic E-state index is 0.106. The van der Waals surface area contributed by atoms with E-state index in [0.717, 1.165) is 11.1 Å². The Kier molecular flexibility index (Phi) is 5.42. The van der Waals surface area contributed by atoms with Crippen LogP contribution >= 0.6 is 0 Å². The molecule has 1 saturated heterocycles. The van der Waals surface area contributed by atoms with Crippen LogP contribution in [0.4, 0.5) is 0 Å². The third-order valence-electron chi connectivity index (χ3n) is 4.88. The summed E-state index contributed by atoms with van der Waals surface area (Å²) >= 11 is 0. The normalized spacial score (nSPS) is 19.6. The molecule has 1 amide bonds. The molecule has 1 aliphatic rings. The fourth-order valence-corrected chi connectivity index (χ4v) is 2.92. The molecule has 0 bridgehead atoms. The largest absolute Gasteiger partial charge is 0.481 e. The molecule has 1 aromatic carbocycles. The maximum Gasteiger partial charge on any atom is 0.308 e. The van der Waals surface area contributed by atoms with E-state index in [1.165, 1.54) is 0 Å². The lowest BCUT2D eigenvalue weighted by molar-refractivity contribution is -0.142. The number of rotatable bonds is 5. The number of carboxylic acid groups (broad SMARTS) is 1. The van der Waals surface area contributed by atoms with Gasteiger partial charge in [-0.05, 0) is 39.2 Å². The highest BCUT2D eigenvalue weighted by Gasteiger charge is 2.42. The fourth-order valence-electron chi connectivity index (χ4n) is 2.92. The summed E-state index contributed by atoms with van der Waals surface area (Å²) in [6, 6.07) is 7.56. The number of benzene rings is 1. The average molecular weight is 319 g/mol. The van der Waals surface area contributed by atoms with E-state index in [0.29, 0.717) is 26.1 Å². The second-order valence-electron chi connectivity index (χ2n) is 6.45. The summed E-state index contributed by atoms with van der Waals surface area (Å²) < 4.78 is 5.44. The Balaban J connectivity index is 2.25. The third-order valence-corrected chi connectivity index (χ3v) is 4.88. The zero-order valence-electron chi connectivity index (χ0n) is 14.0. The van der Waals surface area contributed by atoms with Gasteiger partial charge in [-0.25, -0.2) is 0 Å². The number of carboxylic acids is 1. The summed E-state index contributed by atoms with van der Waals surface area (Å²) in [5, 5.41) is 12.0. The first kappa shape index (κ1) is 17.5. The minimum atomic E-state index is -0.908. The lowest BCUT2D eigenvalue weighted by Crippen LogP contribution is -2.52. The van der Waals surface area contributed by atoms with Crippen LogP contribution < -0.4 is 5.32 Å². The zero-order chi connectivity index (χ0) is 17.0. The molecule has 5 heteroatoms. The Labute approximate surface area is 137 Å². The molecule has 0 spiro atoms. The highest BCUT2D eigenvalue weighted by atomic mass is 16.5. The van der Waals surface area contributed by atoms with Gasteiger partial charge in [-0.3, -0.25) is 9.59 Å². The van der Waals surface area contributed by atoms with E-state index in [9.17, 15) is 9.59 Å². The van der Waals surface area contributed by atoms with Crippen molar-refractivity contribution < 1.29 is 19.4 Å². The van der Waals surface area contributed by atoms with Crippen LogP contribution in [0.2, 0.25) is 0 Å². The van der Waals surface area contributed by atoms with Crippen molar-refractivity contribution in [3.05, 3.63) is 35.4 Å². The van der Waals surface area contributed by atoms with Gasteiger partial charge in [-0.2, -0.15) is 0 Å². The fraction of sp³-hybridized carbons (Fsp3) is 0.556. The quantitative estimate of drug-likeness (QED) is 0.873. The Hall–Kier alpha value is -1.88. The van der Waals surface area contributed by atoms with Crippen LogP contribution in [0.3, 0.4) is 0 Å². The second kappa shape index (κ2) is 7.13. The predicted molar refractivity (Wildman–Crippen MR) is 87.3 cm³/mol. The SMILES string of the molecule is Cc1ccc(C2(C(=O)NC(C)C(C)C(=O)O)CCOCC2)cc1. The van der Waals surface area contributed by atoms with E-state index in [1.807, 2.05) is 31.2 Å². The van der Waals surface area contributed by atoms with Gasteiger partial charge in [-0.1, -0.05) is 29.8 Å². The molecule has 0 saturated carbocycles. The topological polar surface area (TPSA) is 75.6 Å². The second-order valence-corrected chi connectivity index (χ2v) is 6.45. The minimum Gasteiger partial charge on any atom is -0.481 e. The third kappa shape index (κ3) is 3.72. The van der Waals surface area contributed by atoms with Crippen LogP contribution in [-0.2, 0) is 19.7 Å². The van der Waals surface area contributed by atoms with Crippen molar-refractivity contribution in [3.8, 4) is 0 Å². The van der Waals surface area contributed by atoms with Crippen LogP contribution in [0.15, 0.2) is 24.3 Å². The Morgan fingerprint density at radius 1 is 1.17 bits per heavy atom. The smallest absolute Gasteiger partial charge is 0.308 e. The van der Waals surface area contributed by atoms with Crippen molar-refractivity contribution in [2.45, 2.75) is 45.1 Å². The van der Waals surface area contributed by atoms with Gasteiger partial charge in [0.05, 0.1) is 11.3 Å². The van der Waals surface area contributed by atoms with E-state index in [4.69, 9.17) is 9.84 Å². The predicted octanol–water partition coefficient (Wildman–Crippen LogP) is 2.27. The standard InChI is InChI=1S/C18H25NO4/c1-12-4-6-15(7-5-12)18(8-10-23-11-9-18)17(22)19-14(3)13(2)16(20)21/h4-7,13-14H,8-11H2,1-3H3,(H,19,22)(H,20,21). The molecule has 23 heavy (non-hydrogen) atoms. The van der Waals surface area contributed by atoms with Gasteiger partial charge in [0.25, 0.3) is 0 Å². The van der Waals surface area contributed by atoms with E-state index in [-0.39, 0.29) is 5.91 Å². The number of hydrogen-bond acceptors (Lipinski definition) is 3. The molecule has 2 N–H and O–H groups in total. The number of nitrogens with one attached hydrogen (secondary N) is 1. The first-order chi connectivity index (χ1) is 10.9. The van der Waals surface area contributed by atoms with Gasteiger partial charge in [0.2, 0.25) is 5.91 Å². The van der Waals surface area contributed by atoms with Crippen molar-refractivity contribution >= 4 is 11.9 Å². The summed E-state index contributed by atoms with van der Waals surface area (Å²) in [7, 11) is 0. The van der Waals surface area contributed by atoms with Crippen molar-refractivity contribution in [2.24, 2.45) is 5.92 Å². The van der Waals surface area contributed by atoms with Crippen LogP contribution in [0.5, 0.6) is 0 Å². The first-order valence-corrected chi connectivity index (χ1v) is 8.05. The Morgan fingerprint density at radius 3 is 2.26 bits per heavy atom. The molecule has 126 valence electrons. The molecule has 2 atom stereocenters. The molecule has 0 aromatic heterocycles. The van der Waals surface area contributed by atoms with Gasteiger partial charge in [0, 0.05) is 19.3 Å². The van der Waals surface area contributed by atoms with Crippen LogP contribution in [0.25, 0.3) is 0 Å². The molecule has 2 rings (SSSR count). The van der Waals surface area contributed by atoms with Crippen molar-refractivity contribution in [1.82, 2.24) is 5.32 Å². The van der Waals surface area contributed by atoms with Gasteiger partial charge >= 0.3 is 5.97 Å². The maximum atomic E-state index is 13.0. The maximum absolute atomic E-state index is 13.0. The lowest BCUT2D eigenvalue weighted by Gasteiger charge is -2.37. The van der Waals surface area contributed by atoms with Gasteiger partial charge in [0.15, 0.2) is 0 Å². The summed E-state index contributed by atoms with van der Waals surface area (Å²) in [6.45, 7) is 6.42. The van der Waals surface area contributed by atoms with E-state index in [2.05, 4.69) is 5.32 Å². The molecule has 1 fully saturated rings.